The Morgan fingerprint density at radius 3 is 2.67 bits per heavy atom. The van der Waals surface area contributed by atoms with Gasteiger partial charge in [0.05, 0.1) is 5.75 Å². The van der Waals surface area contributed by atoms with Gasteiger partial charge >= 0.3 is 5.22 Å². The Hall–Kier alpha value is -2.29. The molecule has 1 fully saturated rings. The van der Waals surface area contributed by atoms with Crippen LogP contribution < -0.4 is 0 Å². The second kappa shape index (κ2) is 7.75. The van der Waals surface area contributed by atoms with Crippen LogP contribution in [0.5, 0.6) is 0 Å². The van der Waals surface area contributed by atoms with Gasteiger partial charge in [0.25, 0.3) is 0 Å². The van der Waals surface area contributed by atoms with Gasteiger partial charge in [0, 0.05) is 13.0 Å². The Morgan fingerprint density at radius 1 is 1.30 bits per heavy atom. The number of nitrogens with zero attached hydrogens (tertiary/aromatic N) is 3. The molecule has 0 bridgehead atoms. The lowest BCUT2D eigenvalue weighted by molar-refractivity contribution is -0.133. The molecule has 1 aliphatic rings. The molecule has 0 saturated carbocycles. The molecule has 1 aromatic heterocycles. The highest BCUT2D eigenvalue weighted by molar-refractivity contribution is 7.90. The summed E-state index contributed by atoms with van der Waals surface area (Å²) in [6.45, 7) is 4.53. The Balaban J connectivity index is 1.77. The molecule has 0 spiro atoms. The molecule has 146 valence electrons. The monoisotopic (exact) mass is 395 g/mol. The zero-order valence-corrected chi connectivity index (χ0v) is 16.1. The first kappa shape index (κ1) is 19.5. The molecule has 0 N–H and O–H groups in total. The second-order valence-electron chi connectivity index (χ2n) is 7.13. The average molecular weight is 395 g/mol. The molecule has 2 heterocycles. The summed E-state index contributed by atoms with van der Waals surface area (Å²) < 4.78 is 43.4. The van der Waals surface area contributed by atoms with Gasteiger partial charge in [-0.05, 0) is 36.5 Å². The fraction of sp³-hybridized carbons (Fsp3) is 0.500. The number of carbonyl (C=O) groups excluding carboxylic acids is 1. The molecule has 9 heteroatoms. The van der Waals surface area contributed by atoms with Gasteiger partial charge in [0.15, 0.2) is 0 Å². The summed E-state index contributed by atoms with van der Waals surface area (Å²) in [5.41, 5.74) is 0.422. The molecule has 0 radical (unpaired) electrons. The van der Waals surface area contributed by atoms with Crippen LogP contribution in [0, 0.1) is 11.7 Å². The molecule has 0 aliphatic carbocycles. The summed E-state index contributed by atoms with van der Waals surface area (Å²) in [6.07, 6.45) is 1.87. The van der Waals surface area contributed by atoms with E-state index in [1.807, 2.05) is 13.8 Å². The van der Waals surface area contributed by atoms with Gasteiger partial charge in [-0.3, -0.25) is 4.79 Å². The van der Waals surface area contributed by atoms with E-state index in [1.165, 1.54) is 24.3 Å². The van der Waals surface area contributed by atoms with Crippen molar-refractivity contribution in [2.45, 2.75) is 50.1 Å². The van der Waals surface area contributed by atoms with Crippen molar-refractivity contribution >= 4 is 15.7 Å². The number of hydrogen-bond acceptors (Lipinski definition) is 6. The number of sulfone groups is 1. The van der Waals surface area contributed by atoms with Gasteiger partial charge in [0.1, 0.15) is 11.9 Å². The lowest BCUT2D eigenvalue weighted by Crippen LogP contribution is -2.31. The van der Waals surface area contributed by atoms with Crippen LogP contribution in [0.15, 0.2) is 33.9 Å². The van der Waals surface area contributed by atoms with Crippen molar-refractivity contribution in [2.75, 3.05) is 6.54 Å². The third kappa shape index (κ3) is 4.52. The Bertz CT molecular complexity index is 909. The van der Waals surface area contributed by atoms with E-state index in [2.05, 4.69) is 10.2 Å². The summed E-state index contributed by atoms with van der Waals surface area (Å²) in [4.78, 5) is 14.1. The minimum absolute atomic E-state index is 0.00131. The normalized spacial score (nSPS) is 17.6. The zero-order chi connectivity index (χ0) is 19.6. The first-order valence-corrected chi connectivity index (χ1v) is 10.5. The van der Waals surface area contributed by atoms with Gasteiger partial charge in [-0.15, -0.1) is 5.10 Å². The van der Waals surface area contributed by atoms with Crippen molar-refractivity contribution in [3.05, 3.63) is 41.5 Å². The van der Waals surface area contributed by atoms with E-state index in [-0.39, 0.29) is 23.5 Å². The van der Waals surface area contributed by atoms with Crippen molar-refractivity contribution in [3.8, 4) is 0 Å². The molecule has 7 nitrogen and oxygen atoms in total. The standard InChI is InChI=1S/C18H22FN3O4S/c1-12(2)10-16(23)22-9-3-4-15(22)17-20-21-18(26-17)27(24,25)11-13-5-7-14(19)8-6-13/h5-8,12,15H,3-4,9-11H2,1-2H3/t15-/m0/s1. The smallest absolute Gasteiger partial charge is 0.335 e. The quantitative estimate of drug-likeness (QED) is 0.747. The second-order valence-corrected chi connectivity index (χ2v) is 9.00. The third-order valence-electron chi connectivity index (χ3n) is 4.40. The number of likely N-dealkylation sites (tertiary alicyclic amines) is 1. The van der Waals surface area contributed by atoms with E-state index in [0.717, 1.165) is 6.42 Å². The molecule has 2 aromatic rings. The number of carbonyl (C=O) groups is 1. The molecule has 1 aliphatic heterocycles. The number of hydrogen-bond donors (Lipinski definition) is 0. The predicted molar refractivity (Wildman–Crippen MR) is 94.7 cm³/mol. The maximum absolute atomic E-state index is 13.0. The van der Waals surface area contributed by atoms with Crippen LogP contribution in [0.25, 0.3) is 0 Å². The van der Waals surface area contributed by atoms with Crippen molar-refractivity contribution in [1.82, 2.24) is 15.1 Å². The highest BCUT2D eigenvalue weighted by Gasteiger charge is 2.35. The summed E-state index contributed by atoms with van der Waals surface area (Å²) >= 11 is 0. The summed E-state index contributed by atoms with van der Waals surface area (Å²) in [5, 5.41) is 7.09. The summed E-state index contributed by atoms with van der Waals surface area (Å²) in [5.74, 6) is -0.435. The maximum atomic E-state index is 13.0. The Labute approximate surface area is 157 Å². The minimum atomic E-state index is -3.86. The van der Waals surface area contributed by atoms with E-state index in [0.29, 0.717) is 24.9 Å². The van der Waals surface area contributed by atoms with Gasteiger partial charge in [-0.25, -0.2) is 12.8 Å². The first-order valence-electron chi connectivity index (χ1n) is 8.86. The van der Waals surface area contributed by atoms with Gasteiger partial charge in [-0.2, -0.15) is 0 Å². The summed E-state index contributed by atoms with van der Waals surface area (Å²) in [7, 11) is -3.86. The highest BCUT2D eigenvalue weighted by Crippen LogP contribution is 2.33. The molecule has 1 saturated heterocycles. The molecular formula is C18H22FN3O4S. The minimum Gasteiger partial charge on any atom is -0.410 e. The fourth-order valence-corrected chi connectivity index (χ4v) is 4.26. The molecule has 3 rings (SSSR count). The Kier molecular flexibility index (Phi) is 5.59. The van der Waals surface area contributed by atoms with Crippen molar-refractivity contribution in [3.63, 3.8) is 0 Å². The average Bonchev–Trinajstić information content (AvgIpc) is 3.25. The van der Waals surface area contributed by atoms with Crippen LogP contribution in [0.3, 0.4) is 0 Å². The maximum Gasteiger partial charge on any atom is 0.335 e. The molecule has 1 atom stereocenters. The molecule has 27 heavy (non-hydrogen) atoms. The van der Waals surface area contributed by atoms with E-state index < -0.39 is 26.9 Å². The van der Waals surface area contributed by atoms with Crippen LogP contribution in [0.4, 0.5) is 4.39 Å². The molecular weight excluding hydrogens is 373 g/mol. The van der Waals surface area contributed by atoms with Crippen molar-refractivity contribution < 1.29 is 22.0 Å². The number of amides is 1. The van der Waals surface area contributed by atoms with E-state index in [1.54, 1.807) is 4.90 Å². The topological polar surface area (TPSA) is 93.4 Å². The SMILES string of the molecule is CC(C)CC(=O)N1CCC[C@H]1c1nnc(S(=O)(=O)Cc2ccc(F)cc2)o1. The molecule has 1 aromatic carbocycles. The number of aromatic nitrogens is 2. The molecule has 0 unspecified atom stereocenters. The summed E-state index contributed by atoms with van der Waals surface area (Å²) in [6, 6.07) is 4.79. The number of halogens is 1. The van der Waals surface area contributed by atoms with Crippen molar-refractivity contribution in [2.24, 2.45) is 5.92 Å². The fourth-order valence-electron chi connectivity index (χ4n) is 3.13. The van der Waals surface area contributed by atoms with Crippen LogP contribution >= 0.6 is 0 Å². The highest BCUT2D eigenvalue weighted by atomic mass is 32.2. The lowest BCUT2D eigenvalue weighted by Gasteiger charge is -2.22. The van der Waals surface area contributed by atoms with E-state index in [9.17, 15) is 17.6 Å². The number of benzene rings is 1. The van der Waals surface area contributed by atoms with Crippen LogP contribution in [-0.4, -0.2) is 36.0 Å². The predicted octanol–water partition coefficient (Wildman–Crippen LogP) is 2.89. The number of rotatable bonds is 6. The third-order valence-corrected chi connectivity index (χ3v) is 5.81. The van der Waals surface area contributed by atoms with E-state index in [4.69, 9.17) is 4.42 Å². The lowest BCUT2D eigenvalue weighted by atomic mass is 10.1. The van der Waals surface area contributed by atoms with Crippen LogP contribution in [0.1, 0.15) is 50.6 Å². The largest absolute Gasteiger partial charge is 0.410 e. The van der Waals surface area contributed by atoms with Gasteiger partial charge < -0.3 is 9.32 Å². The Morgan fingerprint density at radius 2 is 2.00 bits per heavy atom. The zero-order valence-electron chi connectivity index (χ0n) is 15.3. The van der Waals surface area contributed by atoms with Gasteiger partial charge in [0.2, 0.25) is 21.6 Å². The van der Waals surface area contributed by atoms with E-state index >= 15 is 0 Å². The van der Waals surface area contributed by atoms with Crippen LogP contribution in [0.2, 0.25) is 0 Å². The van der Waals surface area contributed by atoms with Gasteiger partial charge in [-0.1, -0.05) is 31.1 Å². The first-order chi connectivity index (χ1) is 12.8. The molecule has 1 amide bonds. The van der Waals surface area contributed by atoms with Crippen LogP contribution in [-0.2, 0) is 20.4 Å². The van der Waals surface area contributed by atoms with Crippen molar-refractivity contribution in [1.29, 1.82) is 0 Å².